The molecule has 6 heteroatoms. The maximum absolute atomic E-state index is 11.9. The number of hydrogen-bond donors (Lipinski definition) is 1. The van der Waals surface area contributed by atoms with E-state index in [1.165, 1.54) is 5.57 Å². The lowest BCUT2D eigenvalue weighted by molar-refractivity contribution is -0.109. The second-order valence-corrected chi connectivity index (χ2v) is 7.78. The summed E-state index contributed by atoms with van der Waals surface area (Å²) in [5.74, 6) is 1.96. The molecule has 1 aromatic rings. The average molecular weight is 311 g/mol. The quantitative estimate of drug-likeness (QED) is 0.846. The van der Waals surface area contributed by atoms with Crippen LogP contribution in [0.5, 0.6) is 0 Å². The molecule has 0 aromatic heterocycles. The van der Waals surface area contributed by atoms with Crippen molar-refractivity contribution in [2.45, 2.75) is 17.7 Å². The molecule has 0 unspecified atom stereocenters. The van der Waals surface area contributed by atoms with Crippen LogP contribution in [0.4, 0.5) is 0 Å². The summed E-state index contributed by atoms with van der Waals surface area (Å²) < 4.78 is 23.7. The van der Waals surface area contributed by atoms with Crippen LogP contribution in [-0.2, 0) is 14.6 Å². The number of nitrogens with one attached hydrogen (secondary N) is 1. The molecule has 0 bridgehead atoms. The van der Waals surface area contributed by atoms with E-state index in [4.69, 9.17) is 0 Å². The number of carbonyl (C=O) groups excluding carboxylic acids is 1. The molecule has 0 aliphatic carbocycles. The Hall–Kier alpha value is -1.27. The maximum Gasteiger partial charge on any atom is 0.207 e. The minimum absolute atomic E-state index is 0.230. The Kier molecular flexibility index (Phi) is 5.25. The molecule has 1 fully saturated rings. The molecule has 1 aliphatic heterocycles. The highest BCUT2D eigenvalue weighted by atomic mass is 32.2. The van der Waals surface area contributed by atoms with Crippen LogP contribution in [0.3, 0.4) is 0 Å². The molecule has 0 saturated carbocycles. The molecular weight excluding hydrogens is 294 g/mol. The fraction of sp³-hybridized carbons (Fsp3) is 0.357. The van der Waals surface area contributed by atoms with Gasteiger partial charge in [0.15, 0.2) is 9.84 Å². The van der Waals surface area contributed by atoms with E-state index in [9.17, 15) is 13.2 Å². The predicted molar refractivity (Wildman–Crippen MR) is 82.2 cm³/mol. The third-order valence-electron chi connectivity index (χ3n) is 3.10. The summed E-state index contributed by atoms with van der Waals surface area (Å²) >= 11 is 1.97. The van der Waals surface area contributed by atoms with Gasteiger partial charge in [-0.25, -0.2) is 8.42 Å². The van der Waals surface area contributed by atoms with E-state index in [0.717, 1.165) is 29.9 Å². The summed E-state index contributed by atoms with van der Waals surface area (Å²) in [5, 5.41) is 2.18. The predicted octanol–water partition coefficient (Wildman–Crippen LogP) is 2.07. The summed E-state index contributed by atoms with van der Waals surface area (Å²) in [4.78, 5) is 10.4. The molecule has 1 saturated heterocycles. The number of amides is 1. The smallest absolute Gasteiger partial charge is 0.207 e. The zero-order chi connectivity index (χ0) is 14.4. The number of rotatable bonds is 5. The molecular formula is C14H17NO3S2. The molecule has 1 amide bonds. The van der Waals surface area contributed by atoms with Crippen molar-refractivity contribution in [2.24, 2.45) is 0 Å². The Morgan fingerprint density at radius 1 is 1.15 bits per heavy atom. The van der Waals surface area contributed by atoms with Crippen LogP contribution in [0.1, 0.15) is 18.4 Å². The molecule has 108 valence electrons. The van der Waals surface area contributed by atoms with Crippen molar-refractivity contribution in [1.82, 2.24) is 5.32 Å². The van der Waals surface area contributed by atoms with Gasteiger partial charge in [0.25, 0.3) is 0 Å². The summed E-state index contributed by atoms with van der Waals surface area (Å²) in [6.07, 6.45) is 4.74. The van der Waals surface area contributed by atoms with E-state index in [0.29, 0.717) is 6.41 Å². The molecule has 1 aromatic carbocycles. The van der Waals surface area contributed by atoms with Crippen LogP contribution in [-0.4, -0.2) is 32.2 Å². The van der Waals surface area contributed by atoms with E-state index in [1.807, 2.05) is 23.9 Å². The lowest BCUT2D eigenvalue weighted by Gasteiger charge is -2.13. The van der Waals surface area contributed by atoms with Crippen LogP contribution in [0.15, 0.2) is 34.7 Å². The average Bonchev–Trinajstić information content (AvgIpc) is 2.47. The topological polar surface area (TPSA) is 63.2 Å². The van der Waals surface area contributed by atoms with Crippen LogP contribution >= 0.6 is 11.8 Å². The summed E-state index contributed by atoms with van der Waals surface area (Å²) in [6.45, 7) is 0. The minimum Gasteiger partial charge on any atom is -0.344 e. The van der Waals surface area contributed by atoms with Gasteiger partial charge in [-0.05, 0) is 42.0 Å². The Morgan fingerprint density at radius 3 is 2.40 bits per heavy atom. The van der Waals surface area contributed by atoms with Gasteiger partial charge in [0.2, 0.25) is 6.41 Å². The second-order valence-electron chi connectivity index (χ2n) is 4.57. The lowest BCUT2D eigenvalue weighted by atomic mass is 10.1. The molecule has 20 heavy (non-hydrogen) atoms. The monoisotopic (exact) mass is 311 g/mol. The fourth-order valence-electron chi connectivity index (χ4n) is 2.01. The van der Waals surface area contributed by atoms with Crippen molar-refractivity contribution >= 4 is 34.1 Å². The van der Waals surface area contributed by atoms with E-state index in [2.05, 4.69) is 11.4 Å². The van der Waals surface area contributed by atoms with Crippen LogP contribution < -0.4 is 5.32 Å². The van der Waals surface area contributed by atoms with Gasteiger partial charge in [-0.3, -0.25) is 4.79 Å². The van der Waals surface area contributed by atoms with Gasteiger partial charge in [0.05, 0.1) is 4.90 Å². The van der Waals surface area contributed by atoms with Crippen LogP contribution in [0.2, 0.25) is 0 Å². The summed E-state index contributed by atoms with van der Waals surface area (Å²) in [7, 11) is -3.44. The van der Waals surface area contributed by atoms with Gasteiger partial charge in [-0.15, -0.1) is 0 Å². The Balaban J connectivity index is 2.11. The molecule has 0 atom stereocenters. The van der Waals surface area contributed by atoms with Crippen molar-refractivity contribution in [3.05, 3.63) is 35.4 Å². The number of benzene rings is 1. The first kappa shape index (κ1) is 15.1. The van der Waals surface area contributed by atoms with Gasteiger partial charge in [0.1, 0.15) is 5.88 Å². The standard InChI is InChI=1S/C14H17NO3S2/c16-10-15-11-20(17,18)14-3-1-12(2-4-14)9-13-5-7-19-8-6-13/h1-4,9-10H,5-8,11H2,(H,15,16). The number of hydrogen-bond acceptors (Lipinski definition) is 4. The third kappa shape index (κ3) is 4.11. The zero-order valence-electron chi connectivity index (χ0n) is 11.0. The van der Waals surface area contributed by atoms with Crippen molar-refractivity contribution in [2.75, 3.05) is 17.4 Å². The first-order valence-electron chi connectivity index (χ1n) is 6.39. The molecule has 0 radical (unpaired) electrons. The normalized spacial score (nSPS) is 15.7. The first-order valence-corrected chi connectivity index (χ1v) is 9.19. The molecule has 1 N–H and O–H groups in total. The molecule has 0 spiro atoms. The Bertz CT molecular complexity index is 583. The van der Waals surface area contributed by atoms with E-state index in [1.54, 1.807) is 12.1 Å². The van der Waals surface area contributed by atoms with E-state index >= 15 is 0 Å². The zero-order valence-corrected chi connectivity index (χ0v) is 12.7. The van der Waals surface area contributed by atoms with Gasteiger partial charge in [-0.2, -0.15) is 11.8 Å². The lowest BCUT2D eigenvalue weighted by Crippen LogP contribution is -2.21. The fourth-order valence-corrected chi connectivity index (χ4v) is 4.03. The summed E-state index contributed by atoms with van der Waals surface area (Å²) in [6, 6.07) is 6.79. The molecule has 4 nitrogen and oxygen atoms in total. The van der Waals surface area contributed by atoms with E-state index < -0.39 is 9.84 Å². The number of carbonyl (C=O) groups is 1. The molecule has 2 rings (SSSR count). The Morgan fingerprint density at radius 2 is 1.80 bits per heavy atom. The highest BCUT2D eigenvalue weighted by molar-refractivity contribution is 7.99. The molecule has 1 aliphatic rings. The van der Waals surface area contributed by atoms with E-state index in [-0.39, 0.29) is 10.8 Å². The van der Waals surface area contributed by atoms with Gasteiger partial charge >= 0.3 is 0 Å². The second kappa shape index (κ2) is 6.95. The first-order chi connectivity index (χ1) is 9.62. The highest BCUT2D eigenvalue weighted by Crippen LogP contribution is 2.24. The Labute approximate surface area is 123 Å². The maximum atomic E-state index is 11.9. The van der Waals surface area contributed by atoms with Crippen LogP contribution in [0, 0.1) is 0 Å². The van der Waals surface area contributed by atoms with Crippen molar-refractivity contribution in [3.8, 4) is 0 Å². The highest BCUT2D eigenvalue weighted by Gasteiger charge is 2.13. The van der Waals surface area contributed by atoms with Crippen molar-refractivity contribution in [3.63, 3.8) is 0 Å². The molecule has 1 heterocycles. The van der Waals surface area contributed by atoms with Gasteiger partial charge in [0, 0.05) is 0 Å². The van der Waals surface area contributed by atoms with Gasteiger partial charge < -0.3 is 5.32 Å². The SMILES string of the molecule is O=CNCS(=O)(=O)c1ccc(C=C2CCSCC2)cc1. The minimum atomic E-state index is -3.44. The van der Waals surface area contributed by atoms with Crippen molar-refractivity contribution in [1.29, 1.82) is 0 Å². The van der Waals surface area contributed by atoms with Crippen molar-refractivity contribution < 1.29 is 13.2 Å². The third-order valence-corrected chi connectivity index (χ3v) is 5.62. The van der Waals surface area contributed by atoms with Gasteiger partial charge in [-0.1, -0.05) is 23.8 Å². The number of thioether (sulfide) groups is 1. The van der Waals surface area contributed by atoms with Crippen LogP contribution in [0.25, 0.3) is 6.08 Å². The summed E-state index contributed by atoms with van der Waals surface area (Å²) in [5.41, 5.74) is 2.44. The number of sulfone groups is 1. The number of allylic oxidation sites excluding steroid dienone is 1. The largest absolute Gasteiger partial charge is 0.344 e.